The molecule has 0 aromatic heterocycles. The minimum absolute atomic E-state index is 0.114. The van der Waals surface area contributed by atoms with Gasteiger partial charge in [-0.3, -0.25) is 4.90 Å². The topological polar surface area (TPSA) is 44.4 Å². The van der Waals surface area contributed by atoms with Crippen LogP contribution in [0, 0.1) is 26.7 Å². The SMILES string of the molecule is Cc1ccc(NC(=O)NCC2CCN(Cc3cc(C)ccc3C)CC2)cc1. The van der Waals surface area contributed by atoms with E-state index in [1.807, 2.05) is 31.2 Å². The van der Waals surface area contributed by atoms with Gasteiger partial charge in [-0.05, 0) is 75.9 Å². The Labute approximate surface area is 163 Å². The van der Waals surface area contributed by atoms with Gasteiger partial charge in [-0.2, -0.15) is 0 Å². The van der Waals surface area contributed by atoms with Gasteiger partial charge in [0.2, 0.25) is 0 Å². The van der Waals surface area contributed by atoms with Crippen molar-refractivity contribution in [2.45, 2.75) is 40.2 Å². The number of anilines is 1. The third-order valence-electron chi connectivity index (χ3n) is 5.47. The summed E-state index contributed by atoms with van der Waals surface area (Å²) in [5.41, 5.74) is 6.16. The summed E-state index contributed by atoms with van der Waals surface area (Å²) < 4.78 is 0. The van der Waals surface area contributed by atoms with Gasteiger partial charge in [0.05, 0.1) is 0 Å². The molecule has 0 aliphatic carbocycles. The van der Waals surface area contributed by atoms with Gasteiger partial charge in [0, 0.05) is 18.8 Å². The molecular weight excluding hydrogens is 334 g/mol. The van der Waals surface area contributed by atoms with Crippen LogP contribution in [0.1, 0.15) is 35.1 Å². The second-order valence-electron chi connectivity index (χ2n) is 7.85. The summed E-state index contributed by atoms with van der Waals surface area (Å²) >= 11 is 0. The van der Waals surface area contributed by atoms with Crippen molar-refractivity contribution in [2.75, 3.05) is 25.0 Å². The fourth-order valence-electron chi connectivity index (χ4n) is 3.61. The lowest BCUT2D eigenvalue weighted by molar-refractivity contribution is 0.175. The Morgan fingerprint density at radius 1 is 1.00 bits per heavy atom. The predicted octanol–water partition coefficient (Wildman–Crippen LogP) is 4.65. The summed E-state index contributed by atoms with van der Waals surface area (Å²) in [4.78, 5) is 14.6. The standard InChI is InChI=1S/C23H31N3O/c1-17-5-8-22(9-6-17)25-23(27)24-15-20-10-12-26(13-11-20)16-21-14-18(2)4-7-19(21)3/h4-9,14,20H,10-13,15-16H2,1-3H3,(H2,24,25,27). The second kappa shape index (κ2) is 9.05. The van der Waals surface area contributed by atoms with Gasteiger partial charge < -0.3 is 10.6 Å². The highest BCUT2D eigenvalue weighted by molar-refractivity contribution is 5.89. The van der Waals surface area contributed by atoms with E-state index >= 15 is 0 Å². The molecule has 2 amide bonds. The normalized spacial score (nSPS) is 15.5. The maximum absolute atomic E-state index is 12.1. The van der Waals surface area contributed by atoms with Gasteiger partial charge in [0.1, 0.15) is 0 Å². The van der Waals surface area contributed by atoms with E-state index in [0.29, 0.717) is 5.92 Å². The first kappa shape index (κ1) is 19.4. The lowest BCUT2D eigenvalue weighted by Gasteiger charge is -2.32. The molecule has 1 aliphatic rings. The number of hydrogen-bond acceptors (Lipinski definition) is 2. The monoisotopic (exact) mass is 365 g/mol. The molecule has 1 heterocycles. The van der Waals surface area contributed by atoms with Crippen molar-refractivity contribution in [1.29, 1.82) is 0 Å². The Morgan fingerprint density at radius 3 is 2.37 bits per heavy atom. The number of rotatable bonds is 5. The van der Waals surface area contributed by atoms with Gasteiger partial charge in [0.15, 0.2) is 0 Å². The first-order valence-electron chi connectivity index (χ1n) is 9.89. The second-order valence-corrected chi connectivity index (χ2v) is 7.85. The lowest BCUT2D eigenvalue weighted by Crippen LogP contribution is -2.39. The summed E-state index contributed by atoms with van der Waals surface area (Å²) in [6, 6.07) is 14.4. The molecule has 2 N–H and O–H groups in total. The molecule has 27 heavy (non-hydrogen) atoms. The third kappa shape index (κ3) is 5.83. The van der Waals surface area contributed by atoms with Crippen LogP contribution in [0.5, 0.6) is 0 Å². The molecule has 144 valence electrons. The zero-order chi connectivity index (χ0) is 19.2. The van der Waals surface area contributed by atoms with Crippen LogP contribution in [0.15, 0.2) is 42.5 Å². The molecule has 0 bridgehead atoms. The van der Waals surface area contributed by atoms with E-state index < -0.39 is 0 Å². The van der Waals surface area contributed by atoms with Crippen LogP contribution in [0.25, 0.3) is 0 Å². The van der Waals surface area contributed by atoms with Crippen LogP contribution in [0.3, 0.4) is 0 Å². The number of hydrogen-bond donors (Lipinski definition) is 2. The fraction of sp³-hybridized carbons (Fsp3) is 0.435. The van der Waals surface area contributed by atoms with E-state index in [4.69, 9.17) is 0 Å². The van der Waals surface area contributed by atoms with Crippen LogP contribution in [-0.2, 0) is 6.54 Å². The average Bonchev–Trinajstić information content (AvgIpc) is 2.66. The Morgan fingerprint density at radius 2 is 1.67 bits per heavy atom. The van der Waals surface area contributed by atoms with Crippen LogP contribution in [0.2, 0.25) is 0 Å². The molecule has 4 heteroatoms. The molecule has 4 nitrogen and oxygen atoms in total. The number of carbonyl (C=O) groups is 1. The largest absolute Gasteiger partial charge is 0.338 e. The van der Waals surface area contributed by atoms with Gasteiger partial charge in [-0.15, -0.1) is 0 Å². The molecule has 1 aliphatic heterocycles. The van der Waals surface area contributed by atoms with Gasteiger partial charge in [-0.25, -0.2) is 4.79 Å². The smallest absolute Gasteiger partial charge is 0.319 e. The fourth-order valence-corrected chi connectivity index (χ4v) is 3.61. The average molecular weight is 366 g/mol. The van der Waals surface area contributed by atoms with Crippen molar-refractivity contribution in [3.05, 3.63) is 64.7 Å². The quantitative estimate of drug-likeness (QED) is 0.810. The zero-order valence-electron chi connectivity index (χ0n) is 16.7. The maximum atomic E-state index is 12.1. The van der Waals surface area contributed by atoms with Crippen molar-refractivity contribution < 1.29 is 4.79 Å². The Balaban J connectivity index is 1.39. The van der Waals surface area contributed by atoms with E-state index in [1.54, 1.807) is 0 Å². The molecule has 0 unspecified atom stereocenters. The summed E-state index contributed by atoms with van der Waals surface area (Å²) in [5, 5.41) is 5.93. The highest BCUT2D eigenvalue weighted by atomic mass is 16.2. The lowest BCUT2D eigenvalue weighted by atomic mass is 9.96. The van der Waals surface area contributed by atoms with Crippen molar-refractivity contribution in [3.63, 3.8) is 0 Å². The molecule has 0 spiro atoms. The van der Waals surface area contributed by atoms with E-state index in [0.717, 1.165) is 44.7 Å². The Kier molecular flexibility index (Phi) is 6.51. The minimum Gasteiger partial charge on any atom is -0.338 e. The number of urea groups is 1. The number of amides is 2. The summed E-state index contributed by atoms with van der Waals surface area (Å²) in [6.45, 7) is 10.4. The highest BCUT2D eigenvalue weighted by Gasteiger charge is 2.20. The van der Waals surface area contributed by atoms with Crippen LogP contribution in [-0.4, -0.2) is 30.6 Å². The first-order chi connectivity index (χ1) is 13.0. The summed E-state index contributed by atoms with van der Waals surface area (Å²) in [6.07, 6.45) is 2.27. The maximum Gasteiger partial charge on any atom is 0.319 e. The van der Waals surface area contributed by atoms with Gasteiger partial charge >= 0.3 is 6.03 Å². The molecule has 0 atom stereocenters. The highest BCUT2D eigenvalue weighted by Crippen LogP contribution is 2.20. The number of nitrogens with zero attached hydrogens (tertiary/aromatic N) is 1. The van der Waals surface area contributed by atoms with Crippen molar-refractivity contribution >= 4 is 11.7 Å². The molecule has 3 rings (SSSR count). The molecule has 1 saturated heterocycles. The van der Waals surface area contributed by atoms with E-state index in [1.165, 1.54) is 22.3 Å². The van der Waals surface area contributed by atoms with Crippen LogP contribution in [0.4, 0.5) is 10.5 Å². The Hall–Kier alpha value is -2.33. The van der Waals surface area contributed by atoms with Crippen molar-refractivity contribution in [3.8, 4) is 0 Å². The van der Waals surface area contributed by atoms with Crippen LogP contribution < -0.4 is 10.6 Å². The molecule has 1 fully saturated rings. The number of carbonyl (C=O) groups excluding carboxylic acids is 1. The summed E-state index contributed by atoms with van der Waals surface area (Å²) in [5.74, 6) is 0.559. The third-order valence-corrected chi connectivity index (χ3v) is 5.47. The first-order valence-corrected chi connectivity index (χ1v) is 9.89. The Bertz CT molecular complexity index is 762. The predicted molar refractivity (Wildman–Crippen MR) is 112 cm³/mol. The van der Waals surface area contributed by atoms with E-state index in [-0.39, 0.29) is 6.03 Å². The van der Waals surface area contributed by atoms with Crippen molar-refractivity contribution in [2.24, 2.45) is 5.92 Å². The number of likely N-dealkylation sites (tertiary alicyclic amines) is 1. The molecule has 0 radical (unpaired) electrons. The number of piperidine rings is 1. The van der Waals surface area contributed by atoms with Crippen molar-refractivity contribution in [1.82, 2.24) is 10.2 Å². The van der Waals surface area contributed by atoms with Gasteiger partial charge in [0.25, 0.3) is 0 Å². The molecular formula is C23H31N3O. The van der Waals surface area contributed by atoms with Crippen LogP contribution >= 0.6 is 0 Å². The summed E-state index contributed by atoms with van der Waals surface area (Å²) in [7, 11) is 0. The number of nitrogens with one attached hydrogen (secondary N) is 2. The minimum atomic E-state index is -0.114. The molecule has 2 aromatic rings. The number of benzene rings is 2. The van der Waals surface area contributed by atoms with E-state index in [2.05, 4.69) is 47.6 Å². The molecule has 0 saturated carbocycles. The van der Waals surface area contributed by atoms with E-state index in [9.17, 15) is 4.79 Å². The van der Waals surface area contributed by atoms with Gasteiger partial charge in [-0.1, -0.05) is 41.5 Å². The number of aryl methyl sites for hydroxylation is 3. The molecule has 2 aromatic carbocycles. The zero-order valence-corrected chi connectivity index (χ0v) is 16.7.